The normalized spacial score (nSPS) is 14.5. The highest BCUT2D eigenvalue weighted by Gasteiger charge is 2.20. The Hall–Kier alpha value is -2.58. The SMILES string of the molecule is Cc1cc(C(=O)N[C@@H](C)c2ccc3c(c2)OCCO3)cc(S(N)(=O)=O)c1C. The maximum atomic E-state index is 12.7. The van der Waals surface area contributed by atoms with E-state index >= 15 is 0 Å². The summed E-state index contributed by atoms with van der Waals surface area (Å²) in [5, 5.41) is 8.14. The molecule has 2 aromatic rings. The highest BCUT2D eigenvalue weighted by Crippen LogP contribution is 2.32. The molecule has 27 heavy (non-hydrogen) atoms. The lowest BCUT2D eigenvalue weighted by Crippen LogP contribution is -2.27. The molecule has 0 unspecified atom stereocenters. The Morgan fingerprint density at radius 1 is 1.11 bits per heavy atom. The lowest BCUT2D eigenvalue weighted by Gasteiger charge is -2.21. The lowest BCUT2D eigenvalue weighted by atomic mass is 10.0. The Bertz CT molecular complexity index is 1000. The minimum atomic E-state index is -3.91. The number of fused-ring (bicyclic) bond motifs is 1. The number of carbonyl (C=O) groups is 1. The van der Waals surface area contributed by atoms with Crippen LogP contribution in [0.5, 0.6) is 11.5 Å². The number of sulfonamides is 1. The third-order valence-electron chi connectivity index (χ3n) is 4.60. The Labute approximate surface area is 158 Å². The second kappa shape index (κ2) is 7.21. The molecule has 0 radical (unpaired) electrons. The van der Waals surface area contributed by atoms with Crippen LogP contribution in [0.1, 0.15) is 40.0 Å². The molecular formula is C19H22N2O5S. The zero-order valence-electron chi connectivity index (χ0n) is 15.4. The van der Waals surface area contributed by atoms with Crippen LogP contribution in [0, 0.1) is 13.8 Å². The van der Waals surface area contributed by atoms with Gasteiger partial charge in [0.05, 0.1) is 10.9 Å². The molecule has 0 spiro atoms. The van der Waals surface area contributed by atoms with Crippen molar-refractivity contribution in [2.45, 2.75) is 31.7 Å². The summed E-state index contributed by atoms with van der Waals surface area (Å²) < 4.78 is 34.6. The van der Waals surface area contributed by atoms with E-state index in [2.05, 4.69) is 5.32 Å². The van der Waals surface area contributed by atoms with E-state index in [0.29, 0.717) is 35.8 Å². The van der Waals surface area contributed by atoms with Crippen molar-refractivity contribution in [2.24, 2.45) is 5.14 Å². The van der Waals surface area contributed by atoms with E-state index in [1.54, 1.807) is 19.9 Å². The molecule has 1 amide bonds. The fourth-order valence-electron chi connectivity index (χ4n) is 2.95. The number of amides is 1. The maximum absolute atomic E-state index is 12.7. The molecule has 144 valence electrons. The van der Waals surface area contributed by atoms with Crippen molar-refractivity contribution in [3.8, 4) is 11.5 Å². The van der Waals surface area contributed by atoms with E-state index in [1.165, 1.54) is 6.07 Å². The number of nitrogens with two attached hydrogens (primary N) is 1. The number of hydrogen-bond acceptors (Lipinski definition) is 5. The molecule has 0 aliphatic carbocycles. The summed E-state index contributed by atoms with van der Waals surface area (Å²) in [6, 6.07) is 8.14. The van der Waals surface area contributed by atoms with Gasteiger partial charge in [0.1, 0.15) is 13.2 Å². The van der Waals surface area contributed by atoms with Gasteiger partial charge in [0.25, 0.3) is 5.91 Å². The van der Waals surface area contributed by atoms with Gasteiger partial charge >= 0.3 is 0 Å². The molecule has 0 bridgehead atoms. The number of hydrogen-bond donors (Lipinski definition) is 2. The van der Waals surface area contributed by atoms with Crippen molar-refractivity contribution < 1.29 is 22.7 Å². The fourth-order valence-corrected chi connectivity index (χ4v) is 3.83. The molecule has 1 heterocycles. The van der Waals surface area contributed by atoms with Crippen LogP contribution in [0.15, 0.2) is 35.2 Å². The average Bonchev–Trinajstić information content (AvgIpc) is 2.62. The number of ether oxygens (including phenoxy) is 2. The molecule has 0 aromatic heterocycles. The minimum Gasteiger partial charge on any atom is -0.486 e. The molecular weight excluding hydrogens is 368 g/mol. The minimum absolute atomic E-state index is 0.0420. The Balaban J connectivity index is 1.84. The van der Waals surface area contributed by atoms with Crippen LogP contribution in [-0.2, 0) is 10.0 Å². The molecule has 2 aromatic carbocycles. The van der Waals surface area contributed by atoms with Gasteiger partial charge in [0.15, 0.2) is 11.5 Å². The monoisotopic (exact) mass is 390 g/mol. The number of carbonyl (C=O) groups excluding carboxylic acids is 1. The summed E-state index contributed by atoms with van der Waals surface area (Å²) in [4.78, 5) is 12.6. The molecule has 1 aliphatic rings. The smallest absolute Gasteiger partial charge is 0.251 e. The summed E-state index contributed by atoms with van der Waals surface area (Å²) in [6.07, 6.45) is 0. The van der Waals surface area contributed by atoms with Gasteiger partial charge in [0, 0.05) is 5.56 Å². The summed E-state index contributed by atoms with van der Waals surface area (Å²) in [6.45, 7) is 6.23. The van der Waals surface area contributed by atoms with E-state index in [-0.39, 0.29) is 22.4 Å². The van der Waals surface area contributed by atoms with E-state index in [1.807, 2.05) is 25.1 Å². The second-order valence-electron chi connectivity index (χ2n) is 6.56. The van der Waals surface area contributed by atoms with Crippen LogP contribution >= 0.6 is 0 Å². The standard InChI is InChI=1S/C19H22N2O5S/c1-11-8-15(10-18(12(11)2)27(20,23)24)19(22)21-13(3)14-4-5-16-17(9-14)26-7-6-25-16/h4-5,8-10,13H,6-7H2,1-3H3,(H,21,22)(H2,20,23,24)/t13-/m0/s1. The lowest BCUT2D eigenvalue weighted by molar-refractivity contribution is 0.0939. The zero-order chi connectivity index (χ0) is 19.8. The molecule has 7 nitrogen and oxygen atoms in total. The van der Waals surface area contributed by atoms with Crippen LogP contribution in [0.4, 0.5) is 0 Å². The third kappa shape index (κ3) is 4.06. The largest absolute Gasteiger partial charge is 0.486 e. The van der Waals surface area contributed by atoms with Gasteiger partial charge < -0.3 is 14.8 Å². The number of nitrogens with one attached hydrogen (secondary N) is 1. The first kappa shape index (κ1) is 19.2. The first-order chi connectivity index (χ1) is 12.7. The first-order valence-corrected chi connectivity index (χ1v) is 10.1. The Kier molecular flexibility index (Phi) is 5.12. The van der Waals surface area contributed by atoms with E-state index < -0.39 is 10.0 Å². The maximum Gasteiger partial charge on any atom is 0.251 e. The summed E-state index contributed by atoms with van der Waals surface area (Å²) in [7, 11) is -3.91. The van der Waals surface area contributed by atoms with Crippen molar-refractivity contribution in [3.05, 3.63) is 52.6 Å². The van der Waals surface area contributed by atoms with Crippen molar-refractivity contribution in [1.29, 1.82) is 0 Å². The summed E-state index contributed by atoms with van der Waals surface area (Å²) in [5.41, 5.74) is 2.31. The average molecular weight is 390 g/mol. The predicted octanol–water partition coefficient (Wildman–Crippen LogP) is 2.21. The van der Waals surface area contributed by atoms with Crippen LogP contribution in [0.2, 0.25) is 0 Å². The molecule has 1 aliphatic heterocycles. The highest BCUT2D eigenvalue weighted by molar-refractivity contribution is 7.89. The fraction of sp³-hybridized carbons (Fsp3) is 0.316. The van der Waals surface area contributed by atoms with Crippen molar-refractivity contribution in [1.82, 2.24) is 5.32 Å². The number of primary sulfonamides is 1. The van der Waals surface area contributed by atoms with Gasteiger partial charge in [-0.2, -0.15) is 0 Å². The third-order valence-corrected chi connectivity index (χ3v) is 5.64. The number of rotatable bonds is 4. The topological polar surface area (TPSA) is 108 Å². The highest BCUT2D eigenvalue weighted by atomic mass is 32.2. The van der Waals surface area contributed by atoms with Crippen LogP contribution < -0.4 is 19.9 Å². The Morgan fingerprint density at radius 3 is 2.44 bits per heavy atom. The molecule has 0 fully saturated rings. The van der Waals surface area contributed by atoms with Gasteiger partial charge in [0.2, 0.25) is 10.0 Å². The number of benzene rings is 2. The second-order valence-corrected chi connectivity index (χ2v) is 8.09. The molecule has 0 saturated carbocycles. The quantitative estimate of drug-likeness (QED) is 0.832. The van der Waals surface area contributed by atoms with Gasteiger partial charge in [-0.3, -0.25) is 4.79 Å². The predicted molar refractivity (Wildman–Crippen MR) is 101 cm³/mol. The molecule has 0 saturated heterocycles. The van der Waals surface area contributed by atoms with Crippen LogP contribution in [0.25, 0.3) is 0 Å². The first-order valence-electron chi connectivity index (χ1n) is 8.51. The number of aryl methyl sites for hydroxylation is 1. The molecule has 1 atom stereocenters. The summed E-state index contributed by atoms with van der Waals surface area (Å²) >= 11 is 0. The molecule has 3 rings (SSSR count). The molecule has 8 heteroatoms. The Morgan fingerprint density at radius 2 is 1.78 bits per heavy atom. The van der Waals surface area contributed by atoms with Gasteiger partial charge in [-0.05, 0) is 61.7 Å². The zero-order valence-corrected chi connectivity index (χ0v) is 16.2. The van der Waals surface area contributed by atoms with Gasteiger partial charge in [-0.25, -0.2) is 13.6 Å². The van der Waals surface area contributed by atoms with E-state index in [0.717, 1.165) is 5.56 Å². The van der Waals surface area contributed by atoms with Crippen molar-refractivity contribution in [2.75, 3.05) is 13.2 Å². The van der Waals surface area contributed by atoms with Gasteiger partial charge in [-0.1, -0.05) is 6.07 Å². The van der Waals surface area contributed by atoms with Gasteiger partial charge in [-0.15, -0.1) is 0 Å². The van der Waals surface area contributed by atoms with E-state index in [4.69, 9.17) is 14.6 Å². The summed E-state index contributed by atoms with van der Waals surface area (Å²) in [5.74, 6) is 0.934. The van der Waals surface area contributed by atoms with Crippen LogP contribution in [0.3, 0.4) is 0 Å². The van der Waals surface area contributed by atoms with E-state index in [9.17, 15) is 13.2 Å². The van der Waals surface area contributed by atoms with Crippen LogP contribution in [-0.4, -0.2) is 27.5 Å². The van der Waals surface area contributed by atoms with Crippen molar-refractivity contribution >= 4 is 15.9 Å². The molecule has 3 N–H and O–H groups in total. The van der Waals surface area contributed by atoms with Crippen molar-refractivity contribution in [3.63, 3.8) is 0 Å².